The maximum absolute atomic E-state index is 12.1. The first-order valence-electron chi connectivity index (χ1n) is 8.88. The Labute approximate surface area is 156 Å². The van der Waals surface area contributed by atoms with Crippen LogP contribution in [0, 0.1) is 0 Å². The van der Waals surface area contributed by atoms with E-state index in [0.717, 1.165) is 23.4 Å². The molecule has 1 aliphatic rings. The summed E-state index contributed by atoms with van der Waals surface area (Å²) in [7, 11) is 0. The Morgan fingerprint density at radius 3 is 2.67 bits per heavy atom. The molecule has 0 bridgehead atoms. The van der Waals surface area contributed by atoms with Gasteiger partial charge in [0.25, 0.3) is 5.89 Å². The van der Waals surface area contributed by atoms with E-state index in [1.165, 1.54) is 0 Å². The van der Waals surface area contributed by atoms with Gasteiger partial charge in [-0.15, -0.1) is 0 Å². The number of carbonyl (C=O) groups excluding carboxylic acids is 1. The van der Waals surface area contributed by atoms with Crippen LogP contribution in [0.5, 0.6) is 0 Å². The molecule has 0 spiro atoms. The van der Waals surface area contributed by atoms with Gasteiger partial charge in [-0.1, -0.05) is 35.5 Å². The van der Waals surface area contributed by atoms with E-state index >= 15 is 0 Å². The van der Waals surface area contributed by atoms with Gasteiger partial charge in [-0.05, 0) is 24.3 Å². The van der Waals surface area contributed by atoms with Gasteiger partial charge in [-0.25, -0.2) is 0 Å². The Hall–Kier alpha value is -3.03. The van der Waals surface area contributed by atoms with E-state index in [2.05, 4.69) is 20.8 Å². The van der Waals surface area contributed by atoms with Crippen molar-refractivity contribution in [3.63, 3.8) is 0 Å². The monoisotopic (exact) mass is 364 g/mol. The molecule has 3 aromatic rings. The van der Waals surface area contributed by atoms with Gasteiger partial charge in [0, 0.05) is 35.8 Å². The fourth-order valence-electron chi connectivity index (χ4n) is 2.93. The van der Waals surface area contributed by atoms with E-state index in [1.807, 2.05) is 54.6 Å². The van der Waals surface area contributed by atoms with Crippen LogP contribution in [0.25, 0.3) is 22.8 Å². The van der Waals surface area contributed by atoms with Crippen molar-refractivity contribution in [2.75, 3.05) is 25.1 Å². The molecule has 1 fully saturated rings. The smallest absolute Gasteiger partial charge is 0.258 e. The summed E-state index contributed by atoms with van der Waals surface area (Å²) in [6, 6.07) is 17.1. The first-order valence-corrected chi connectivity index (χ1v) is 8.88. The van der Waals surface area contributed by atoms with Gasteiger partial charge in [0.15, 0.2) is 0 Å². The van der Waals surface area contributed by atoms with Gasteiger partial charge >= 0.3 is 0 Å². The average molecular weight is 364 g/mol. The topological polar surface area (TPSA) is 89.3 Å². The van der Waals surface area contributed by atoms with Crippen LogP contribution in [0.2, 0.25) is 0 Å². The van der Waals surface area contributed by atoms with Crippen LogP contribution in [0.4, 0.5) is 5.69 Å². The molecule has 1 aromatic heterocycles. The van der Waals surface area contributed by atoms with Crippen LogP contribution in [0.15, 0.2) is 59.1 Å². The lowest BCUT2D eigenvalue weighted by atomic mass is 10.1. The number of nitrogens with one attached hydrogen (secondary N) is 2. The molecule has 2 aromatic carbocycles. The minimum absolute atomic E-state index is 0.0464. The second-order valence-electron chi connectivity index (χ2n) is 6.34. The number of rotatable bonds is 5. The van der Waals surface area contributed by atoms with Crippen molar-refractivity contribution >= 4 is 11.6 Å². The number of benzene rings is 2. The first-order chi connectivity index (χ1) is 13.3. The Morgan fingerprint density at radius 1 is 1.11 bits per heavy atom. The van der Waals surface area contributed by atoms with Crippen LogP contribution >= 0.6 is 0 Å². The molecule has 27 heavy (non-hydrogen) atoms. The van der Waals surface area contributed by atoms with Gasteiger partial charge in [-0.3, -0.25) is 4.79 Å². The molecule has 7 heteroatoms. The zero-order valence-corrected chi connectivity index (χ0v) is 14.7. The SMILES string of the molecule is O=C(CC1COCCN1)Nc1ccc(-c2nc(-c3ccccc3)no2)cc1. The molecule has 2 heterocycles. The summed E-state index contributed by atoms with van der Waals surface area (Å²) in [6.45, 7) is 2.04. The molecule has 4 rings (SSSR count). The number of anilines is 1. The van der Waals surface area contributed by atoms with Crippen molar-refractivity contribution in [2.24, 2.45) is 0 Å². The minimum atomic E-state index is -0.0464. The number of aromatic nitrogens is 2. The van der Waals surface area contributed by atoms with Crippen molar-refractivity contribution in [3.8, 4) is 22.8 Å². The maximum Gasteiger partial charge on any atom is 0.258 e. The summed E-state index contributed by atoms with van der Waals surface area (Å²) in [5.41, 5.74) is 2.42. The molecule has 1 atom stereocenters. The van der Waals surface area contributed by atoms with E-state index in [4.69, 9.17) is 9.26 Å². The quantitative estimate of drug-likeness (QED) is 0.724. The Morgan fingerprint density at radius 2 is 1.93 bits per heavy atom. The molecule has 138 valence electrons. The molecule has 2 N–H and O–H groups in total. The van der Waals surface area contributed by atoms with E-state index in [-0.39, 0.29) is 11.9 Å². The second-order valence-corrected chi connectivity index (χ2v) is 6.34. The number of amides is 1. The molecular formula is C20H20N4O3. The van der Waals surface area contributed by atoms with Crippen LogP contribution < -0.4 is 10.6 Å². The lowest BCUT2D eigenvalue weighted by molar-refractivity contribution is -0.117. The van der Waals surface area contributed by atoms with Crippen molar-refractivity contribution in [1.82, 2.24) is 15.5 Å². The highest BCUT2D eigenvalue weighted by atomic mass is 16.5. The van der Waals surface area contributed by atoms with Crippen LogP contribution in [0.1, 0.15) is 6.42 Å². The third-order valence-corrected chi connectivity index (χ3v) is 4.30. The van der Waals surface area contributed by atoms with Crippen LogP contribution in [-0.2, 0) is 9.53 Å². The highest BCUT2D eigenvalue weighted by Crippen LogP contribution is 2.23. The molecule has 0 radical (unpaired) electrons. The fraction of sp³-hybridized carbons (Fsp3) is 0.250. The van der Waals surface area contributed by atoms with Crippen molar-refractivity contribution in [2.45, 2.75) is 12.5 Å². The Balaban J connectivity index is 1.39. The third-order valence-electron chi connectivity index (χ3n) is 4.30. The summed E-state index contributed by atoms with van der Waals surface area (Å²) in [6.07, 6.45) is 0.381. The van der Waals surface area contributed by atoms with Gasteiger partial charge in [-0.2, -0.15) is 4.98 Å². The highest BCUT2D eigenvalue weighted by molar-refractivity contribution is 5.91. The number of morpholine rings is 1. The van der Waals surface area contributed by atoms with Crippen molar-refractivity contribution in [1.29, 1.82) is 0 Å². The van der Waals surface area contributed by atoms with Crippen LogP contribution in [0.3, 0.4) is 0 Å². The number of nitrogens with zero attached hydrogens (tertiary/aromatic N) is 2. The molecule has 7 nitrogen and oxygen atoms in total. The molecule has 0 saturated carbocycles. The summed E-state index contributed by atoms with van der Waals surface area (Å²) >= 11 is 0. The number of carbonyl (C=O) groups is 1. The summed E-state index contributed by atoms with van der Waals surface area (Å²) in [5.74, 6) is 0.940. The first kappa shape index (κ1) is 17.4. The highest BCUT2D eigenvalue weighted by Gasteiger charge is 2.17. The van der Waals surface area contributed by atoms with Crippen molar-refractivity contribution in [3.05, 3.63) is 54.6 Å². The Kier molecular flexibility index (Phi) is 5.22. The molecule has 1 saturated heterocycles. The van der Waals surface area contributed by atoms with Gasteiger partial charge < -0.3 is 19.9 Å². The summed E-state index contributed by atoms with van der Waals surface area (Å²) in [4.78, 5) is 16.6. The lowest BCUT2D eigenvalue weighted by Crippen LogP contribution is -2.43. The van der Waals surface area contributed by atoms with Crippen LogP contribution in [-0.4, -0.2) is 41.8 Å². The van der Waals surface area contributed by atoms with Gasteiger partial charge in [0.05, 0.1) is 13.2 Å². The zero-order chi connectivity index (χ0) is 18.5. The van der Waals surface area contributed by atoms with E-state index in [0.29, 0.717) is 31.3 Å². The van der Waals surface area contributed by atoms with E-state index in [9.17, 15) is 4.79 Å². The third kappa shape index (κ3) is 4.39. The maximum atomic E-state index is 12.1. The van der Waals surface area contributed by atoms with E-state index < -0.39 is 0 Å². The fourth-order valence-corrected chi connectivity index (χ4v) is 2.93. The number of hydrogen-bond donors (Lipinski definition) is 2. The number of ether oxygens (including phenoxy) is 1. The summed E-state index contributed by atoms with van der Waals surface area (Å²) < 4.78 is 10.7. The molecular weight excluding hydrogens is 344 g/mol. The number of hydrogen-bond acceptors (Lipinski definition) is 6. The van der Waals surface area contributed by atoms with Gasteiger partial charge in [0.2, 0.25) is 11.7 Å². The van der Waals surface area contributed by atoms with Gasteiger partial charge in [0.1, 0.15) is 0 Å². The average Bonchev–Trinajstić information content (AvgIpc) is 3.20. The normalized spacial score (nSPS) is 16.8. The minimum Gasteiger partial charge on any atom is -0.378 e. The standard InChI is InChI=1S/C20H20N4O3/c25-18(12-17-13-26-11-10-21-17)22-16-8-6-15(7-9-16)20-23-19(24-27-20)14-4-2-1-3-5-14/h1-9,17,21H,10-13H2,(H,22,25). The Bertz CT molecular complexity index is 887. The molecule has 0 aliphatic carbocycles. The predicted molar refractivity (Wildman–Crippen MR) is 101 cm³/mol. The molecule has 1 unspecified atom stereocenters. The summed E-state index contributed by atoms with van der Waals surface area (Å²) in [5, 5.41) is 10.2. The molecule has 1 amide bonds. The van der Waals surface area contributed by atoms with E-state index in [1.54, 1.807) is 0 Å². The second kappa shape index (κ2) is 8.11. The largest absolute Gasteiger partial charge is 0.378 e. The zero-order valence-electron chi connectivity index (χ0n) is 14.7. The predicted octanol–water partition coefficient (Wildman–Crippen LogP) is 2.72. The molecule has 1 aliphatic heterocycles. The lowest BCUT2D eigenvalue weighted by Gasteiger charge is -2.23. The van der Waals surface area contributed by atoms with Crippen molar-refractivity contribution < 1.29 is 14.1 Å².